The van der Waals surface area contributed by atoms with Gasteiger partial charge in [-0.25, -0.2) is 9.78 Å². The predicted octanol–water partition coefficient (Wildman–Crippen LogP) is 4.44. The van der Waals surface area contributed by atoms with Gasteiger partial charge in [0.25, 0.3) is 5.56 Å². The first kappa shape index (κ1) is 24.9. The Labute approximate surface area is 201 Å². The summed E-state index contributed by atoms with van der Waals surface area (Å²) in [6.07, 6.45) is 0.563. The van der Waals surface area contributed by atoms with Gasteiger partial charge in [0.1, 0.15) is 5.82 Å². The van der Waals surface area contributed by atoms with Crippen LogP contribution in [0.1, 0.15) is 25.2 Å². The van der Waals surface area contributed by atoms with E-state index in [2.05, 4.69) is 21.2 Å². The number of rotatable bonds is 10. The minimum absolute atomic E-state index is 0.148. The summed E-state index contributed by atoms with van der Waals surface area (Å²) >= 11 is 3.43. The molecule has 0 radical (unpaired) electrons. The van der Waals surface area contributed by atoms with E-state index in [1.165, 1.54) is 0 Å². The molecule has 0 aliphatic rings. The lowest BCUT2D eigenvalue weighted by Gasteiger charge is -2.32. The van der Waals surface area contributed by atoms with Gasteiger partial charge in [0, 0.05) is 30.9 Å². The zero-order chi connectivity index (χ0) is 23.8. The van der Waals surface area contributed by atoms with Crippen molar-refractivity contribution in [1.29, 1.82) is 0 Å². The molecule has 33 heavy (non-hydrogen) atoms. The Balaban J connectivity index is 2.06. The summed E-state index contributed by atoms with van der Waals surface area (Å²) in [7, 11) is 3.18. The molecule has 0 fully saturated rings. The molecule has 2 amide bonds. The SMILES string of the molecule is CCC(c1nc2ccccc2c(=O)n1CCOC)N(CCOC)C(=O)Nc1cccc(Br)c1. The van der Waals surface area contributed by atoms with Gasteiger partial charge in [-0.2, -0.15) is 0 Å². The van der Waals surface area contributed by atoms with Gasteiger partial charge in [-0.05, 0) is 36.8 Å². The predicted molar refractivity (Wildman–Crippen MR) is 133 cm³/mol. The van der Waals surface area contributed by atoms with E-state index in [4.69, 9.17) is 14.5 Å². The molecule has 1 N–H and O–H groups in total. The molecular weight excluding hydrogens is 488 g/mol. The molecule has 1 unspecified atom stereocenters. The van der Waals surface area contributed by atoms with Crippen LogP contribution >= 0.6 is 15.9 Å². The first-order chi connectivity index (χ1) is 16.0. The summed E-state index contributed by atoms with van der Waals surface area (Å²) in [5.74, 6) is 0.527. The monoisotopic (exact) mass is 516 g/mol. The third-order valence-corrected chi connectivity index (χ3v) is 5.84. The van der Waals surface area contributed by atoms with E-state index in [1.807, 2.05) is 49.4 Å². The molecule has 3 aromatic rings. The maximum atomic E-state index is 13.4. The highest BCUT2D eigenvalue weighted by Crippen LogP contribution is 2.25. The lowest BCUT2D eigenvalue weighted by molar-refractivity contribution is 0.128. The van der Waals surface area contributed by atoms with Crippen LogP contribution in [0.4, 0.5) is 10.5 Å². The number of hydrogen-bond acceptors (Lipinski definition) is 5. The van der Waals surface area contributed by atoms with Crippen molar-refractivity contribution < 1.29 is 14.3 Å². The number of para-hydroxylation sites is 1. The number of benzene rings is 2. The molecule has 1 heterocycles. The Hall–Kier alpha value is -2.75. The molecule has 0 bridgehead atoms. The van der Waals surface area contributed by atoms with Crippen LogP contribution in [0.3, 0.4) is 0 Å². The van der Waals surface area contributed by atoms with E-state index >= 15 is 0 Å². The molecule has 0 spiro atoms. The van der Waals surface area contributed by atoms with Crippen molar-refractivity contribution in [2.45, 2.75) is 25.9 Å². The standard InChI is InChI=1S/C24H29BrN4O4/c1-4-21(28(12-14-32-2)24(31)26-18-9-7-8-17(25)16-18)22-27-20-11-6-5-10-19(20)23(30)29(22)13-15-33-3/h5-11,16,21H,4,12-15H2,1-3H3,(H,26,31). The number of carbonyl (C=O) groups is 1. The quantitative estimate of drug-likeness (QED) is 0.430. The Morgan fingerprint density at radius 1 is 1.15 bits per heavy atom. The summed E-state index contributed by atoms with van der Waals surface area (Å²) < 4.78 is 13.0. The first-order valence-electron chi connectivity index (χ1n) is 10.8. The van der Waals surface area contributed by atoms with Gasteiger partial charge in [-0.15, -0.1) is 0 Å². The minimum atomic E-state index is -0.443. The lowest BCUT2D eigenvalue weighted by Crippen LogP contribution is -2.43. The van der Waals surface area contributed by atoms with Crippen LogP contribution < -0.4 is 10.9 Å². The van der Waals surface area contributed by atoms with Crippen molar-refractivity contribution in [3.05, 3.63) is 69.2 Å². The molecule has 1 atom stereocenters. The zero-order valence-electron chi connectivity index (χ0n) is 19.1. The van der Waals surface area contributed by atoms with Crippen molar-refractivity contribution in [2.75, 3.05) is 39.3 Å². The number of nitrogens with zero attached hydrogens (tertiary/aromatic N) is 3. The zero-order valence-corrected chi connectivity index (χ0v) is 20.7. The van der Waals surface area contributed by atoms with E-state index in [9.17, 15) is 9.59 Å². The molecule has 8 nitrogen and oxygen atoms in total. The van der Waals surface area contributed by atoms with Crippen LogP contribution in [0, 0.1) is 0 Å². The Morgan fingerprint density at radius 2 is 1.91 bits per heavy atom. The largest absolute Gasteiger partial charge is 0.383 e. The fourth-order valence-electron chi connectivity index (χ4n) is 3.73. The van der Waals surface area contributed by atoms with E-state index in [1.54, 1.807) is 29.8 Å². The minimum Gasteiger partial charge on any atom is -0.383 e. The molecule has 2 aromatic carbocycles. The fraction of sp³-hybridized carbons (Fsp3) is 0.375. The normalized spacial score (nSPS) is 12.0. The summed E-state index contributed by atoms with van der Waals surface area (Å²) in [5, 5.41) is 3.49. The second-order valence-electron chi connectivity index (χ2n) is 7.49. The average Bonchev–Trinajstić information content (AvgIpc) is 2.81. The Kier molecular flexibility index (Phi) is 8.99. The molecule has 3 rings (SSSR count). The van der Waals surface area contributed by atoms with Crippen LogP contribution in [-0.4, -0.2) is 54.5 Å². The van der Waals surface area contributed by atoms with Gasteiger partial charge < -0.3 is 19.7 Å². The van der Waals surface area contributed by atoms with Gasteiger partial charge in [-0.3, -0.25) is 9.36 Å². The molecule has 1 aromatic heterocycles. The van der Waals surface area contributed by atoms with E-state index in [0.29, 0.717) is 55.1 Å². The van der Waals surface area contributed by atoms with Gasteiger partial charge in [-0.1, -0.05) is 41.1 Å². The molecule has 0 saturated carbocycles. The second kappa shape index (κ2) is 11.9. The van der Waals surface area contributed by atoms with Crippen LogP contribution in [0.5, 0.6) is 0 Å². The van der Waals surface area contributed by atoms with Crippen LogP contribution in [-0.2, 0) is 16.0 Å². The van der Waals surface area contributed by atoms with Crippen molar-refractivity contribution in [1.82, 2.24) is 14.5 Å². The lowest BCUT2D eigenvalue weighted by atomic mass is 10.1. The third-order valence-electron chi connectivity index (χ3n) is 5.34. The number of amides is 2. The average molecular weight is 517 g/mol. The number of ether oxygens (including phenoxy) is 2. The summed E-state index contributed by atoms with van der Waals surface area (Å²) in [6.45, 7) is 3.34. The number of carbonyl (C=O) groups excluding carboxylic acids is 1. The van der Waals surface area contributed by atoms with Gasteiger partial charge in [0.2, 0.25) is 0 Å². The number of fused-ring (bicyclic) bond motifs is 1. The number of halogens is 1. The Morgan fingerprint density at radius 3 is 2.61 bits per heavy atom. The van der Waals surface area contributed by atoms with Crippen molar-refractivity contribution >= 4 is 38.6 Å². The number of anilines is 1. The first-order valence-corrected chi connectivity index (χ1v) is 11.6. The van der Waals surface area contributed by atoms with E-state index in [-0.39, 0.29) is 11.6 Å². The highest BCUT2D eigenvalue weighted by molar-refractivity contribution is 9.10. The highest BCUT2D eigenvalue weighted by Gasteiger charge is 2.28. The van der Waals surface area contributed by atoms with Crippen molar-refractivity contribution in [2.24, 2.45) is 0 Å². The smallest absolute Gasteiger partial charge is 0.322 e. The molecule has 9 heteroatoms. The van der Waals surface area contributed by atoms with Gasteiger partial charge >= 0.3 is 6.03 Å². The Bertz CT molecular complexity index is 1150. The number of nitrogens with one attached hydrogen (secondary N) is 1. The second-order valence-corrected chi connectivity index (χ2v) is 8.40. The molecule has 0 aliphatic carbocycles. The number of aromatic nitrogens is 2. The highest BCUT2D eigenvalue weighted by atomic mass is 79.9. The van der Waals surface area contributed by atoms with Crippen molar-refractivity contribution in [3.63, 3.8) is 0 Å². The van der Waals surface area contributed by atoms with Crippen molar-refractivity contribution in [3.8, 4) is 0 Å². The molecular formula is C24H29BrN4O4. The van der Waals surface area contributed by atoms with Crippen LogP contribution in [0.25, 0.3) is 10.9 Å². The van der Waals surface area contributed by atoms with Crippen LogP contribution in [0.2, 0.25) is 0 Å². The summed E-state index contributed by atoms with van der Waals surface area (Å²) in [5.41, 5.74) is 1.11. The van der Waals surface area contributed by atoms with Gasteiger partial charge in [0.15, 0.2) is 0 Å². The molecule has 0 saturated heterocycles. The number of urea groups is 1. The third kappa shape index (κ3) is 5.98. The maximum absolute atomic E-state index is 13.4. The topological polar surface area (TPSA) is 85.7 Å². The van der Waals surface area contributed by atoms with Gasteiger partial charge in [0.05, 0.1) is 36.7 Å². The van der Waals surface area contributed by atoms with E-state index < -0.39 is 6.04 Å². The summed E-state index contributed by atoms with van der Waals surface area (Å²) in [6, 6.07) is 13.9. The van der Waals surface area contributed by atoms with Crippen LogP contribution in [0.15, 0.2) is 57.8 Å². The fourth-order valence-corrected chi connectivity index (χ4v) is 4.13. The maximum Gasteiger partial charge on any atom is 0.322 e. The van der Waals surface area contributed by atoms with E-state index in [0.717, 1.165) is 4.47 Å². The number of hydrogen-bond donors (Lipinski definition) is 1. The number of methoxy groups -OCH3 is 2. The summed E-state index contributed by atoms with van der Waals surface area (Å²) in [4.78, 5) is 33.2. The molecule has 0 aliphatic heterocycles. The molecule has 176 valence electrons.